The van der Waals surface area contributed by atoms with Crippen LogP contribution in [0.2, 0.25) is 0 Å². The summed E-state index contributed by atoms with van der Waals surface area (Å²) in [6.07, 6.45) is 4.78. The second kappa shape index (κ2) is 9.40. The average molecular weight is 550 g/mol. The smallest absolute Gasteiger partial charge is 0.279 e. The Kier molecular flexibility index (Phi) is 6.62. The number of carbonyl (C=O) groups is 3. The summed E-state index contributed by atoms with van der Waals surface area (Å²) in [6.45, 7) is 0. The number of imide groups is 1. The summed E-state index contributed by atoms with van der Waals surface area (Å²) in [6, 6.07) is 14.1. The zero-order chi connectivity index (χ0) is 22.0. The zero-order valence-corrected chi connectivity index (χ0v) is 19.6. The molecule has 0 unspecified atom stereocenters. The SMILES string of the molecule is O=C(Nc1ccc(I)cc1)c1ccc(NC2=C(Cl)C(=O)N(C3CCCCC3)C2=O)cc1. The Hall–Kier alpha value is -2.39. The average Bonchev–Trinajstić information content (AvgIpc) is 2.99. The summed E-state index contributed by atoms with van der Waals surface area (Å²) >= 11 is 8.41. The molecule has 6 nitrogen and oxygen atoms in total. The van der Waals surface area contributed by atoms with Crippen LogP contribution in [0.3, 0.4) is 0 Å². The first kappa shape index (κ1) is 21.8. The van der Waals surface area contributed by atoms with Gasteiger partial charge in [-0.05, 0) is 84.0 Å². The molecule has 1 aliphatic heterocycles. The molecule has 0 spiro atoms. The lowest BCUT2D eigenvalue weighted by molar-refractivity contribution is -0.140. The number of anilines is 2. The molecular weight excluding hydrogens is 529 g/mol. The molecule has 160 valence electrons. The van der Waals surface area contributed by atoms with Crippen LogP contribution in [0.25, 0.3) is 0 Å². The van der Waals surface area contributed by atoms with Crippen molar-refractivity contribution in [1.29, 1.82) is 0 Å². The van der Waals surface area contributed by atoms with Crippen molar-refractivity contribution < 1.29 is 14.4 Å². The van der Waals surface area contributed by atoms with Crippen LogP contribution in [0.1, 0.15) is 42.5 Å². The van der Waals surface area contributed by atoms with E-state index in [1.165, 1.54) is 4.90 Å². The fourth-order valence-electron chi connectivity index (χ4n) is 3.88. The maximum Gasteiger partial charge on any atom is 0.279 e. The lowest BCUT2D eigenvalue weighted by Gasteiger charge is -2.29. The van der Waals surface area contributed by atoms with Gasteiger partial charge in [0, 0.05) is 26.6 Å². The van der Waals surface area contributed by atoms with E-state index in [4.69, 9.17) is 11.6 Å². The first-order chi connectivity index (χ1) is 14.9. The molecule has 8 heteroatoms. The fraction of sp³-hybridized carbons (Fsp3) is 0.261. The Balaban J connectivity index is 1.43. The molecule has 1 saturated carbocycles. The van der Waals surface area contributed by atoms with Gasteiger partial charge in [-0.3, -0.25) is 19.3 Å². The molecule has 4 rings (SSSR count). The number of rotatable bonds is 5. The van der Waals surface area contributed by atoms with E-state index in [1.807, 2.05) is 24.3 Å². The third-order valence-electron chi connectivity index (χ3n) is 5.52. The Morgan fingerprint density at radius 1 is 0.903 bits per heavy atom. The van der Waals surface area contributed by atoms with Crippen molar-refractivity contribution >= 4 is 63.3 Å². The number of carbonyl (C=O) groups excluding carboxylic acids is 3. The highest BCUT2D eigenvalue weighted by Gasteiger charge is 2.42. The summed E-state index contributed by atoms with van der Waals surface area (Å²) in [5.41, 5.74) is 1.85. The molecule has 0 bridgehead atoms. The van der Waals surface area contributed by atoms with Crippen molar-refractivity contribution in [2.24, 2.45) is 0 Å². The predicted molar refractivity (Wildman–Crippen MR) is 129 cm³/mol. The molecule has 2 N–H and O–H groups in total. The van der Waals surface area contributed by atoms with E-state index in [0.717, 1.165) is 35.7 Å². The van der Waals surface area contributed by atoms with Gasteiger partial charge >= 0.3 is 0 Å². The monoisotopic (exact) mass is 549 g/mol. The first-order valence-electron chi connectivity index (χ1n) is 10.2. The first-order valence-corrected chi connectivity index (χ1v) is 11.6. The standard InChI is InChI=1S/C23H21ClIN3O3/c24-19-20(23(31)28(22(19)30)18-4-2-1-3-5-18)26-16-10-6-14(7-11-16)21(29)27-17-12-8-15(25)9-13-17/h6-13,18,26H,1-5H2,(H,27,29). The van der Waals surface area contributed by atoms with Crippen molar-refractivity contribution in [3.05, 3.63) is 68.4 Å². The molecule has 2 aliphatic rings. The van der Waals surface area contributed by atoms with Crippen molar-refractivity contribution in [3.63, 3.8) is 0 Å². The van der Waals surface area contributed by atoms with Crippen LogP contribution in [0.15, 0.2) is 59.3 Å². The molecule has 0 atom stereocenters. The van der Waals surface area contributed by atoms with E-state index in [-0.39, 0.29) is 28.6 Å². The number of halogens is 2. The summed E-state index contributed by atoms with van der Waals surface area (Å²) in [5, 5.41) is 5.72. The lowest BCUT2D eigenvalue weighted by Crippen LogP contribution is -2.42. The van der Waals surface area contributed by atoms with Crippen LogP contribution < -0.4 is 10.6 Å². The number of nitrogens with zero attached hydrogens (tertiary/aromatic N) is 1. The maximum absolute atomic E-state index is 12.9. The van der Waals surface area contributed by atoms with Crippen molar-refractivity contribution in [3.8, 4) is 0 Å². The van der Waals surface area contributed by atoms with Crippen molar-refractivity contribution in [1.82, 2.24) is 4.90 Å². The second-order valence-electron chi connectivity index (χ2n) is 7.62. The van der Waals surface area contributed by atoms with Gasteiger partial charge in [0.2, 0.25) is 0 Å². The molecule has 0 radical (unpaired) electrons. The minimum atomic E-state index is -0.436. The van der Waals surface area contributed by atoms with Crippen LogP contribution in [0.4, 0.5) is 11.4 Å². The van der Waals surface area contributed by atoms with E-state index >= 15 is 0 Å². The summed E-state index contributed by atoms with van der Waals surface area (Å²) in [4.78, 5) is 39.2. The molecule has 2 aromatic carbocycles. The molecule has 0 saturated heterocycles. The van der Waals surface area contributed by atoms with Gasteiger partial charge < -0.3 is 10.6 Å². The van der Waals surface area contributed by atoms with Gasteiger partial charge in [0.25, 0.3) is 17.7 Å². The predicted octanol–water partition coefficient (Wildman–Crippen LogP) is 5.11. The fourth-order valence-corrected chi connectivity index (χ4v) is 4.46. The Bertz CT molecular complexity index is 1040. The highest BCUT2D eigenvalue weighted by atomic mass is 127. The Labute approximate surface area is 199 Å². The molecule has 1 heterocycles. The minimum Gasteiger partial charge on any atom is -0.350 e. The van der Waals surface area contributed by atoms with E-state index < -0.39 is 5.91 Å². The number of hydrogen-bond acceptors (Lipinski definition) is 4. The third kappa shape index (κ3) is 4.77. The van der Waals surface area contributed by atoms with E-state index in [0.29, 0.717) is 16.9 Å². The van der Waals surface area contributed by atoms with Gasteiger partial charge in [0.05, 0.1) is 0 Å². The topological polar surface area (TPSA) is 78.5 Å². The zero-order valence-electron chi connectivity index (χ0n) is 16.7. The molecule has 2 aromatic rings. The number of nitrogens with one attached hydrogen (secondary N) is 2. The van der Waals surface area contributed by atoms with Gasteiger partial charge in [0.15, 0.2) is 0 Å². The summed E-state index contributed by atoms with van der Waals surface area (Å²) < 4.78 is 1.08. The molecular formula is C23H21ClIN3O3. The van der Waals surface area contributed by atoms with Crippen LogP contribution in [-0.2, 0) is 9.59 Å². The van der Waals surface area contributed by atoms with Crippen LogP contribution in [0.5, 0.6) is 0 Å². The molecule has 1 aliphatic carbocycles. The van der Waals surface area contributed by atoms with Crippen LogP contribution in [-0.4, -0.2) is 28.7 Å². The van der Waals surface area contributed by atoms with E-state index in [1.54, 1.807) is 24.3 Å². The summed E-state index contributed by atoms with van der Waals surface area (Å²) in [7, 11) is 0. The number of amides is 3. The van der Waals surface area contributed by atoms with Gasteiger partial charge in [0.1, 0.15) is 10.7 Å². The van der Waals surface area contributed by atoms with Gasteiger partial charge in [-0.25, -0.2) is 0 Å². The second-order valence-corrected chi connectivity index (χ2v) is 9.25. The van der Waals surface area contributed by atoms with Crippen molar-refractivity contribution in [2.75, 3.05) is 10.6 Å². The van der Waals surface area contributed by atoms with E-state index in [9.17, 15) is 14.4 Å². The number of benzene rings is 2. The largest absolute Gasteiger partial charge is 0.350 e. The molecule has 31 heavy (non-hydrogen) atoms. The Morgan fingerprint density at radius 2 is 1.52 bits per heavy atom. The van der Waals surface area contributed by atoms with E-state index in [2.05, 4.69) is 33.2 Å². The quantitative estimate of drug-likeness (QED) is 0.402. The normalized spacial score (nSPS) is 17.3. The van der Waals surface area contributed by atoms with Crippen LogP contribution >= 0.6 is 34.2 Å². The highest BCUT2D eigenvalue weighted by Crippen LogP contribution is 2.32. The molecule has 0 aromatic heterocycles. The van der Waals surface area contributed by atoms with Gasteiger partial charge in [-0.2, -0.15) is 0 Å². The number of hydrogen-bond donors (Lipinski definition) is 2. The molecule has 3 amide bonds. The maximum atomic E-state index is 12.9. The minimum absolute atomic E-state index is 0.0869. The molecule has 1 fully saturated rings. The highest BCUT2D eigenvalue weighted by molar-refractivity contribution is 14.1. The van der Waals surface area contributed by atoms with Gasteiger partial charge in [-0.15, -0.1) is 0 Å². The van der Waals surface area contributed by atoms with Crippen LogP contribution in [0, 0.1) is 3.57 Å². The third-order valence-corrected chi connectivity index (χ3v) is 6.59. The Morgan fingerprint density at radius 3 is 2.16 bits per heavy atom. The van der Waals surface area contributed by atoms with Gasteiger partial charge in [-0.1, -0.05) is 30.9 Å². The van der Waals surface area contributed by atoms with Crippen molar-refractivity contribution in [2.45, 2.75) is 38.1 Å². The lowest BCUT2D eigenvalue weighted by atomic mass is 9.94. The summed E-state index contributed by atoms with van der Waals surface area (Å²) in [5.74, 6) is -1.06.